The molecule has 1 aromatic rings. The highest BCUT2D eigenvalue weighted by molar-refractivity contribution is 7.09. The maximum absolute atomic E-state index is 12.2. The molecule has 0 spiro atoms. The van der Waals surface area contributed by atoms with Gasteiger partial charge in [0.1, 0.15) is 0 Å². The summed E-state index contributed by atoms with van der Waals surface area (Å²) < 4.78 is 5.04. The lowest BCUT2D eigenvalue weighted by Gasteiger charge is -2.30. The van der Waals surface area contributed by atoms with Crippen molar-refractivity contribution in [3.05, 3.63) is 22.2 Å². The molecule has 0 bridgehead atoms. The first-order valence-electron chi connectivity index (χ1n) is 7.16. The van der Waals surface area contributed by atoms with Crippen LogP contribution in [-0.2, 0) is 14.3 Å². The standard InChI is InChI=1S/C15H20N2O3S/c1-3-20-15(19)12-5-4-8-17(9-12)14(18)7-6-13-10-21-11(2)16-13/h6-7,10,12H,3-5,8-9H2,1-2H3/b7-6+/t12-/m1/s1. The number of ether oxygens (including phenoxy) is 1. The summed E-state index contributed by atoms with van der Waals surface area (Å²) in [6.45, 7) is 5.24. The molecule has 114 valence electrons. The highest BCUT2D eigenvalue weighted by atomic mass is 32.1. The minimum absolute atomic E-state index is 0.0744. The lowest BCUT2D eigenvalue weighted by molar-refractivity contribution is -0.150. The summed E-state index contributed by atoms with van der Waals surface area (Å²) in [6.07, 6.45) is 4.87. The largest absolute Gasteiger partial charge is 0.466 e. The van der Waals surface area contributed by atoms with Crippen molar-refractivity contribution < 1.29 is 14.3 Å². The molecule has 1 fully saturated rings. The zero-order valence-electron chi connectivity index (χ0n) is 12.4. The molecule has 1 aliphatic rings. The van der Waals surface area contributed by atoms with E-state index >= 15 is 0 Å². The van der Waals surface area contributed by atoms with Gasteiger partial charge in [-0.1, -0.05) is 0 Å². The summed E-state index contributed by atoms with van der Waals surface area (Å²) in [4.78, 5) is 29.9. The highest BCUT2D eigenvalue weighted by Gasteiger charge is 2.28. The number of rotatable bonds is 4. The number of likely N-dealkylation sites (tertiary alicyclic amines) is 1. The van der Waals surface area contributed by atoms with E-state index in [1.54, 1.807) is 29.2 Å². The Hall–Kier alpha value is -1.69. The van der Waals surface area contributed by atoms with Gasteiger partial charge in [0, 0.05) is 24.5 Å². The van der Waals surface area contributed by atoms with E-state index in [9.17, 15) is 9.59 Å². The minimum atomic E-state index is -0.200. The lowest BCUT2D eigenvalue weighted by atomic mass is 9.98. The number of hydrogen-bond acceptors (Lipinski definition) is 5. The number of hydrogen-bond donors (Lipinski definition) is 0. The summed E-state index contributed by atoms with van der Waals surface area (Å²) in [5, 5.41) is 2.89. The van der Waals surface area contributed by atoms with E-state index in [-0.39, 0.29) is 17.8 Å². The number of esters is 1. The Kier molecular flexibility index (Phi) is 5.50. The Morgan fingerprint density at radius 3 is 3.05 bits per heavy atom. The number of aryl methyl sites for hydroxylation is 1. The third kappa shape index (κ3) is 4.39. The van der Waals surface area contributed by atoms with Crippen molar-refractivity contribution in [3.8, 4) is 0 Å². The molecule has 1 saturated heterocycles. The molecule has 1 atom stereocenters. The van der Waals surface area contributed by atoms with Gasteiger partial charge in [0.25, 0.3) is 0 Å². The fourth-order valence-electron chi connectivity index (χ4n) is 2.35. The predicted octanol–water partition coefficient (Wildman–Crippen LogP) is 2.27. The summed E-state index contributed by atoms with van der Waals surface area (Å²) in [5.41, 5.74) is 0.796. The molecule has 6 heteroatoms. The summed E-state index contributed by atoms with van der Waals surface area (Å²) >= 11 is 1.55. The molecule has 1 amide bonds. The number of carbonyl (C=O) groups excluding carboxylic acids is 2. The summed E-state index contributed by atoms with van der Waals surface area (Å²) in [5.74, 6) is -0.471. The molecule has 1 aliphatic heterocycles. The van der Waals surface area contributed by atoms with Crippen LogP contribution in [0.1, 0.15) is 30.5 Å². The minimum Gasteiger partial charge on any atom is -0.466 e. The van der Waals surface area contributed by atoms with Crippen molar-refractivity contribution in [2.75, 3.05) is 19.7 Å². The number of aromatic nitrogens is 1. The molecule has 0 radical (unpaired) electrons. The third-order valence-corrected chi connectivity index (χ3v) is 4.18. The second-order valence-corrected chi connectivity index (χ2v) is 6.06. The third-order valence-electron chi connectivity index (χ3n) is 3.39. The molecule has 0 unspecified atom stereocenters. The van der Waals surface area contributed by atoms with Crippen LogP contribution in [0.4, 0.5) is 0 Å². The molecular weight excluding hydrogens is 288 g/mol. The SMILES string of the molecule is CCOC(=O)[C@@H]1CCCN(C(=O)/C=C/c2csc(C)n2)C1. The van der Waals surface area contributed by atoms with Crippen molar-refractivity contribution in [1.82, 2.24) is 9.88 Å². The van der Waals surface area contributed by atoms with Crippen LogP contribution < -0.4 is 0 Å². The first-order chi connectivity index (χ1) is 10.1. The normalized spacial score (nSPS) is 19.0. The molecule has 1 aromatic heterocycles. The van der Waals surface area contributed by atoms with Gasteiger partial charge < -0.3 is 9.64 Å². The second-order valence-electron chi connectivity index (χ2n) is 5.00. The maximum Gasteiger partial charge on any atom is 0.310 e. The van der Waals surface area contributed by atoms with Crippen molar-refractivity contribution >= 4 is 29.3 Å². The zero-order valence-corrected chi connectivity index (χ0v) is 13.2. The first kappa shape index (κ1) is 15.7. The van der Waals surface area contributed by atoms with E-state index in [1.165, 1.54) is 6.08 Å². The van der Waals surface area contributed by atoms with Crippen molar-refractivity contribution in [2.24, 2.45) is 5.92 Å². The number of amides is 1. The second kappa shape index (κ2) is 7.36. The maximum atomic E-state index is 12.2. The Morgan fingerprint density at radius 2 is 2.38 bits per heavy atom. The van der Waals surface area contributed by atoms with Gasteiger partial charge in [-0.25, -0.2) is 4.98 Å². The van der Waals surface area contributed by atoms with Crippen molar-refractivity contribution in [1.29, 1.82) is 0 Å². The summed E-state index contributed by atoms with van der Waals surface area (Å²) in [7, 11) is 0. The van der Waals surface area contributed by atoms with E-state index < -0.39 is 0 Å². The van der Waals surface area contributed by atoms with Crippen LogP contribution in [0, 0.1) is 12.8 Å². The Balaban J connectivity index is 1.92. The van der Waals surface area contributed by atoms with E-state index in [1.807, 2.05) is 12.3 Å². The Bertz CT molecular complexity index is 539. The molecule has 21 heavy (non-hydrogen) atoms. The van der Waals surface area contributed by atoms with Crippen LogP contribution in [0.25, 0.3) is 6.08 Å². The van der Waals surface area contributed by atoms with Crippen molar-refractivity contribution in [2.45, 2.75) is 26.7 Å². The van der Waals surface area contributed by atoms with Gasteiger partial charge in [0.2, 0.25) is 5.91 Å². The molecule has 0 N–H and O–H groups in total. The quantitative estimate of drug-likeness (QED) is 0.632. The van der Waals surface area contributed by atoms with Crippen LogP contribution in [0.3, 0.4) is 0 Å². The van der Waals surface area contributed by atoms with Crippen LogP contribution in [-0.4, -0.2) is 41.5 Å². The van der Waals surface area contributed by atoms with E-state index in [2.05, 4.69) is 4.98 Å². The lowest BCUT2D eigenvalue weighted by Crippen LogP contribution is -2.42. The van der Waals surface area contributed by atoms with Gasteiger partial charge >= 0.3 is 5.97 Å². The molecule has 0 aliphatic carbocycles. The smallest absolute Gasteiger partial charge is 0.310 e. The fourth-order valence-corrected chi connectivity index (χ4v) is 2.93. The number of thiazole rings is 1. The molecular formula is C15H20N2O3S. The van der Waals surface area contributed by atoms with E-state index in [4.69, 9.17) is 4.74 Å². The van der Waals surface area contributed by atoms with Crippen LogP contribution >= 0.6 is 11.3 Å². The monoisotopic (exact) mass is 308 g/mol. The highest BCUT2D eigenvalue weighted by Crippen LogP contribution is 2.18. The number of piperidine rings is 1. The topological polar surface area (TPSA) is 59.5 Å². The van der Waals surface area contributed by atoms with Crippen molar-refractivity contribution in [3.63, 3.8) is 0 Å². The predicted molar refractivity (Wildman–Crippen MR) is 81.8 cm³/mol. The van der Waals surface area contributed by atoms with Gasteiger partial charge in [-0.05, 0) is 32.8 Å². The average molecular weight is 308 g/mol. The zero-order chi connectivity index (χ0) is 15.2. The molecule has 5 nitrogen and oxygen atoms in total. The van der Waals surface area contributed by atoms with Gasteiger partial charge in [-0.3, -0.25) is 9.59 Å². The molecule has 2 rings (SSSR count). The van der Waals surface area contributed by atoms with Gasteiger partial charge in [-0.15, -0.1) is 11.3 Å². The Morgan fingerprint density at radius 1 is 1.57 bits per heavy atom. The van der Waals surface area contributed by atoms with Crippen LogP contribution in [0.2, 0.25) is 0 Å². The van der Waals surface area contributed by atoms with Gasteiger partial charge in [0.15, 0.2) is 0 Å². The number of carbonyl (C=O) groups is 2. The molecule has 0 aromatic carbocycles. The Labute approximate surface area is 128 Å². The van der Waals surface area contributed by atoms with E-state index in [0.29, 0.717) is 19.7 Å². The van der Waals surface area contributed by atoms with Crippen LogP contribution in [0.15, 0.2) is 11.5 Å². The van der Waals surface area contributed by atoms with Gasteiger partial charge in [0.05, 0.1) is 23.2 Å². The summed E-state index contributed by atoms with van der Waals surface area (Å²) in [6, 6.07) is 0. The fraction of sp³-hybridized carbons (Fsp3) is 0.533. The number of nitrogens with zero attached hydrogens (tertiary/aromatic N) is 2. The molecule has 0 saturated carbocycles. The van der Waals surface area contributed by atoms with Crippen LogP contribution in [0.5, 0.6) is 0 Å². The van der Waals surface area contributed by atoms with E-state index in [0.717, 1.165) is 23.5 Å². The van der Waals surface area contributed by atoms with Gasteiger partial charge in [-0.2, -0.15) is 0 Å². The average Bonchev–Trinajstić information content (AvgIpc) is 2.91. The molecule has 2 heterocycles. The first-order valence-corrected chi connectivity index (χ1v) is 8.04.